The fourth-order valence-corrected chi connectivity index (χ4v) is 5.08. The van der Waals surface area contributed by atoms with Gasteiger partial charge in [0.05, 0.1) is 11.6 Å². The van der Waals surface area contributed by atoms with E-state index in [9.17, 15) is 9.90 Å². The van der Waals surface area contributed by atoms with E-state index in [4.69, 9.17) is 10.2 Å². The molecule has 1 atom stereocenters. The van der Waals surface area contributed by atoms with Crippen LogP contribution in [0.25, 0.3) is 10.9 Å². The first-order valence-corrected chi connectivity index (χ1v) is 15.3. The molecule has 0 saturated heterocycles. The van der Waals surface area contributed by atoms with E-state index in [2.05, 4.69) is 62.6 Å². The molecule has 0 aliphatic carbocycles. The number of aromatic nitrogens is 1. The molecule has 3 aromatic rings. The van der Waals surface area contributed by atoms with Crippen molar-refractivity contribution in [3.8, 4) is 17.6 Å². The molecular formula is C29H39N3O3Si. The van der Waals surface area contributed by atoms with E-state index in [1.165, 1.54) is 6.07 Å². The Balaban J connectivity index is 1.78. The monoisotopic (exact) mass is 505 g/mol. The molecule has 1 heterocycles. The molecule has 0 spiro atoms. The summed E-state index contributed by atoms with van der Waals surface area (Å²) in [5, 5.41) is 11.2. The van der Waals surface area contributed by atoms with E-state index in [-0.39, 0.29) is 22.5 Å². The van der Waals surface area contributed by atoms with E-state index in [1.54, 1.807) is 12.1 Å². The minimum Gasteiger partial charge on any atom is -0.506 e. The van der Waals surface area contributed by atoms with E-state index in [0.717, 1.165) is 41.6 Å². The zero-order valence-corrected chi connectivity index (χ0v) is 23.3. The van der Waals surface area contributed by atoms with Crippen LogP contribution in [-0.2, 0) is 4.43 Å². The number of nitrogen functional groups attached to an aromatic ring is 1. The number of nitrogens with zero attached hydrogens (tertiary/aromatic N) is 1. The van der Waals surface area contributed by atoms with Crippen LogP contribution < -0.4 is 11.3 Å². The van der Waals surface area contributed by atoms with E-state index in [0.29, 0.717) is 12.1 Å². The van der Waals surface area contributed by atoms with Crippen molar-refractivity contribution < 1.29 is 9.53 Å². The van der Waals surface area contributed by atoms with Gasteiger partial charge in [-0.1, -0.05) is 38.7 Å². The summed E-state index contributed by atoms with van der Waals surface area (Å²) in [5.41, 5.74) is 8.62. The number of nitrogens with two attached hydrogens (primary N) is 1. The normalized spacial score (nSPS) is 13.0. The van der Waals surface area contributed by atoms with Gasteiger partial charge >= 0.3 is 0 Å². The highest BCUT2D eigenvalue weighted by Crippen LogP contribution is 2.41. The predicted molar refractivity (Wildman–Crippen MR) is 152 cm³/mol. The number of phenolic OH excluding ortho intramolecular Hbond substituents is 1. The summed E-state index contributed by atoms with van der Waals surface area (Å²) in [6, 6.07) is 14.4. The third-order valence-electron chi connectivity index (χ3n) is 6.96. The fraction of sp³-hybridized carbons (Fsp3) is 0.414. The zero-order chi connectivity index (χ0) is 26.5. The number of rotatable bonds is 8. The Bertz CT molecular complexity index is 1300. The molecule has 0 saturated carbocycles. The number of aromatic hydroxyl groups is 1. The SMILES string of the molecule is CN(CCCC#Cc1ccc(N)cc1)CC(O[Si](C)(C)C(C)(C)C)c1ccc(O)c2[nH]c(=O)ccc12. The highest BCUT2D eigenvalue weighted by atomic mass is 28.4. The van der Waals surface area contributed by atoms with Crippen LogP contribution in [0.1, 0.15) is 50.8 Å². The van der Waals surface area contributed by atoms with Crippen LogP contribution >= 0.6 is 0 Å². The Labute approximate surface area is 215 Å². The number of aromatic amines is 1. The number of hydrogen-bond donors (Lipinski definition) is 3. The Kier molecular flexibility index (Phi) is 8.67. The lowest BCUT2D eigenvalue weighted by atomic mass is 10.0. The molecule has 1 unspecified atom stereocenters. The number of unbranched alkanes of at least 4 members (excludes halogenated alkanes) is 1. The minimum atomic E-state index is -2.11. The molecule has 6 nitrogen and oxygen atoms in total. The minimum absolute atomic E-state index is 0.0442. The van der Waals surface area contributed by atoms with Crippen molar-refractivity contribution in [1.29, 1.82) is 0 Å². The molecule has 0 fully saturated rings. The van der Waals surface area contributed by atoms with Crippen LogP contribution in [0.4, 0.5) is 5.69 Å². The highest BCUT2D eigenvalue weighted by molar-refractivity contribution is 6.74. The van der Waals surface area contributed by atoms with E-state index >= 15 is 0 Å². The second kappa shape index (κ2) is 11.3. The summed E-state index contributed by atoms with van der Waals surface area (Å²) in [4.78, 5) is 17.0. The quantitative estimate of drug-likeness (QED) is 0.159. The standard InChI is InChI=1S/C29H39N3O3Si/c1-29(2,3)36(5,6)35-26(23-15-17-25(33)28-24(23)16-18-27(34)31-28)20-32(4)19-9-7-8-10-21-11-13-22(30)14-12-21/h11-18,26,33H,7,9,19-20,30H2,1-6H3,(H,31,34). The Morgan fingerprint density at radius 2 is 1.81 bits per heavy atom. The molecule has 7 heteroatoms. The smallest absolute Gasteiger partial charge is 0.248 e. The number of fused-ring (bicyclic) bond motifs is 1. The lowest BCUT2D eigenvalue weighted by molar-refractivity contribution is 0.134. The molecule has 0 aliphatic rings. The van der Waals surface area contributed by atoms with Gasteiger partial charge in [-0.05, 0) is 80.1 Å². The summed E-state index contributed by atoms with van der Waals surface area (Å²) in [6.45, 7) is 12.7. The molecule has 0 radical (unpaired) electrons. The van der Waals surface area contributed by atoms with Crippen LogP contribution in [0.2, 0.25) is 18.1 Å². The van der Waals surface area contributed by atoms with Gasteiger partial charge in [-0.15, -0.1) is 0 Å². The molecule has 192 valence electrons. The van der Waals surface area contributed by atoms with Crippen molar-refractivity contribution in [3.63, 3.8) is 0 Å². The molecule has 0 bridgehead atoms. The maximum absolute atomic E-state index is 11.9. The largest absolute Gasteiger partial charge is 0.506 e. The highest BCUT2D eigenvalue weighted by Gasteiger charge is 2.40. The Morgan fingerprint density at radius 3 is 2.47 bits per heavy atom. The lowest BCUT2D eigenvalue weighted by Crippen LogP contribution is -2.43. The number of benzene rings is 2. The van der Waals surface area contributed by atoms with Crippen LogP contribution in [-0.4, -0.2) is 43.4 Å². The molecular weight excluding hydrogens is 466 g/mol. The van der Waals surface area contributed by atoms with Crippen molar-refractivity contribution in [2.45, 2.75) is 57.8 Å². The average molecular weight is 506 g/mol. The maximum Gasteiger partial charge on any atom is 0.248 e. The van der Waals surface area contributed by atoms with Gasteiger partial charge in [0.25, 0.3) is 0 Å². The van der Waals surface area contributed by atoms with Crippen LogP contribution in [0.3, 0.4) is 0 Å². The van der Waals surface area contributed by atoms with Gasteiger partial charge in [-0.3, -0.25) is 4.79 Å². The lowest BCUT2D eigenvalue weighted by Gasteiger charge is -2.40. The Hall–Kier alpha value is -3.05. The third-order valence-corrected chi connectivity index (χ3v) is 11.4. The zero-order valence-electron chi connectivity index (χ0n) is 22.3. The van der Waals surface area contributed by atoms with Crippen LogP contribution in [0.15, 0.2) is 53.3 Å². The number of phenols is 1. The average Bonchev–Trinajstić information content (AvgIpc) is 2.79. The van der Waals surface area contributed by atoms with Crippen molar-refractivity contribution in [1.82, 2.24) is 9.88 Å². The molecule has 0 amide bonds. The van der Waals surface area contributed by atoms with Crippen molar-refractivity contribution in [2.75, 3.05) is 25.9 Å². The summed E-state index contributed by atoms with van der Waals surface area (Å²) in [5.74, 6) is 6.51. The number of pyridine rings is 1. The summed E-state index contributed by atoms with van der Waals surface area (Å²) < 4.78 is 6.92. The Morgan fingerprint density at radius 1 is 1.11 bits per heavy atom. The summed E-state index contributed by atoms with van der Waals surface area (Å²) >= 11 is 0. The number of anilines is 1. The number of hydrogen-bond acceptors (Lipinski definition) is 5. The third kappa shape index (κ3) is 7.00. The van der Waals surface area contributed by atoms with Gasteiger partial charge in [0, 0.05) is 35.7 Å². The van der Waals surface area contributed by atoms with E-state index in [1.807, 2.05) is 30.3 Å². The maximum atomic E-state index is 11.9. The van der Waals surface area contributed by atoms with Crippen molar-refractivity contribution in [2.24, 2.45) is 0 Å². The van der Waals surface area contributed by atoms with Crippen molar-refractivity contribution >= 4 is 24.9 Å². The van der Waals surface area contributed by atoms with Crippen LogP contribution in [0, 0.1) is 11.8 Å². The fourth-order valence-electron chi connectivity index (χ4n) is 3.81. The van der Waals surface area contributed by atoms with E-state index < -0.39 is 8.32 Å². The summed E-state index contributed by atoms with van der Waals surface area (Å²) in [6.07, 6.45) is 1.53. The van der Waals surface area contributed by atoms with Gasteiger partial charge in [-0.2, -0.15) is 0 Å². The molecule has 2 aromatic carbocycles. The molecule has 1 aromatic heterocycles. The van der Waals surface area contributed by atoms with Crippen molar-refractivity contribution in [3.05, 3.63) is 70.0 Å². The second-order valence-corrected chi connectivity index (χ2v) is 15.7. The first kappa shape index (κ1) is 27.5. The number of likely N-dealkylation sites (N-methyl/N-ethyl adjacent to an activating group) is 1. The molecule has 3 rings (SSSR count). The summed E-state index contributed by atoms with van der Waals surface area (Å²) in [7, 11) is -0.0102. The van der Waals surface area contributed by atoms with Gasteiger partial charge in [0.1, 0.15) is 5.75 Å². The first-order valence-electron chi connectivity index (χ1n) is 12.4. The topological polar surface area (TPSA) is 91.6 Å². The molecule has 0 aliphatic heterocycles. The first-order chi connectivity index (χ1) is 16.9. The second-order valence-electron chi connectivity index (χ2n) is 10.9. The van der Waals surface area contributed by atoms with Gasteiger partial charge in [-0.25, -0.2) is 0 Å². The van der Waals surface area contributed by atoms with Gasteiger partial charge in [0.2, 0.25) is 5.56 Å². The van der Waals surface area contributed by atoms with Gasteiger partial charge < -0.3 is 25.2 Å². The number of H-pyrrole nitrogens is 1. The number of nitrogens with one attached hydrogen (secondary N) is 1. The molecule has 4 N–H and O–H groups in total. The van der Waals surface area contributed by atoms with Crippen LogP contribution in [0.5, 0.6) is 5.75 Å². The predicted octanol–water partition coefficient (Wildman–Crippen LogP) is 5.64. The molecule has 36 heavy (non-hydrogen) atoms. The van der Waals surface area contributed by atoms with Gasteiger partial charge in [0.15, 0.2) is 8.32 Å².